The molecule has 0 bridgehead atoms. The van der Waals surface area contributed by atoms with E-state index in [9.17, 15) is 22.8 Å². The molecule has 1 N–H and O–H groups in total. The fourth-order valence-electron chi connectivity index (χ4n) is 1.99. The van der Waals surface area contributed by atoms with Crippen LogP contribution in [0.25, 0.3) is 0 Å². The fourth-order valence-corrected chi connectivity index (χ4v) is 1.99. The van der Waals surface area contributed by atoms with Gasteiger partial charge in [0.25, 0.3) is 0 Å². The molecule has 1 amide bonds. The molecule has 25 heavy (non-hydrogen) atoms. The number of nitrogens with one attached hydrogen (secondary N) is 1. The van der Waals surface area contributed by atoms with Gasteiger partial charge in [0.05, 0.1) is 13.2 Å². The largest absolute Gasteiger partial charge is 0.497 e. The first kappa shape index (κ1) is 18.0. The van der Waals surface area contributed by atoms with Crippen LogP contribution in [0, 0.1) is 34.7 Å². The van der Waals surface area contributed by atoms with Crippen molar-refractivity contribution in [3.05, 3.63) is 59.4 Å². The highest BCUT2D eigenvalue weighted by atomic mass is 19.2. The Kier molecular flexibility index (Phi) is 5.39. The Balaban J connectivity index is 2.21. The number of Topliss-reactive ketones (excluding diaryl/α,β-unsaturated/α-hetero) is 1. The number of carbonyl (C=O) groups excluding carboxylic acids is 2. The van der Waals surface area contributed by atoms with Crippen LogP contribution in [-0.2, 0) is 4.79 Å². The van der Waals surface area contributed by atoms with Crippen LogP contribution in [0.2, 0.25) is 0 Å². The smallest absolute Gasteiger partial charge is 0.249 e. The van der Waals surface area contributed by atoms with Gasteiger partial charge in [-0.1, -0.05) is 0 Å². The van der Waals surface area contributed by atoms with E-state index < -0.39 is 40.6 Å². The van der Waals surface area contributed by atoms with E-state index in [-0.39, 0.29) is 5.69 Å². The zero-order valence-corrected chi connectivity index (χ0v) is 12.8. The summed E-state index contributed by atoms with van der Waals surface area (Å²) in [5, 5.41) is 11.4. The highest BCUT2D eigenvalue weighted by molar-refractivity contribution is 6.15. The maximum Gasteiger partial charge on any atom is 0.249 e. The molecule has 0 unspecified atom stereocenters. The van der Waals surface area contributed by atoms with E-state index in [1.54, 1.807) is 12.1 Å². The van der Waals surface area contributed by atoms with Gasteiger partial charge in [-0.05, 0) is 36.4 Å². The first-order chi connectivity index (χ1) is 11.9. The lowest BCUT2D eigenvalue weighted by molar-refractivity contribution is -0.117. The number of ketones is 1. The maximum atomic E-state index is 13.2. The third-order valence-corrected chi connectivity index (χ3v) is 3.28. The third kappa shape index (κ3) is 3.95. The number of methoxy groups -OCH3 is 1. The standard InChI is InChI=1S/C17H11F3N2O3/c1-25-11-4-2-10(3-5-11)22-17(24)12(8-21)16(23)9-6-13(18)15(20)14(19)7-9/h2-7,12H,1H3,(H,22,24)/t12-/m0/s1. The summed E-state index contributed by atoms with van der Waals surface area (Å²) in [6.45, 7) is 0. The van der Waals surface area contributed by atoms with Crippen LogP contribution < -0.4 is 10.1 Å². The van der Waals surface area contributed by atoms with E-state index in [1.165, 1.54) is 25.3 Å². The van der Waals surface area contributed by atoms with Gasteiger partial charge in [0.1, 0.15) is 5.75 Å². The Bertz CT molecular complexity index is 837. The molecule has 5 nitrogen and oxygen atoms in total. The Hall–Kier alpha value is -3.34. The lowest BCUT2D eigenvalue weighted by Gasteiger charge is -2.10. The van der Waals surface area contributed by atoms with Crippen molar-refractivity contribution in [3.63, 3.8) is 0 Å². The van der Waals surface area contributed by atoms with Crippen LogP contribution in [0.4, 0.5) is 18.9 Å². The molecule has 1 atom stereocenters. The van der Waals surface area contributed by atoms with E-state index in [0.717, 1.165) is 0 Å². The van der Waals surface area contributed by atoms with Gasteiger partial charge in [0.2, 0.25) is 5.91 Å². The zero-order chi connectivity index (χ0) is 18.6. The highest BCUT2D eigenvalue weighted by Crippen LogP contribution is 2.19. The van der Waals surface area contributed by atoms with Crippen molar-refractivity contribution in [2.75, 3.05) is 12.4 Å². The minimum absolute atomic E-state index is 0.287. The Morgan fingerprint density at radius 1 is 1.12 bits per heavy atom. The summed E-state index contributed by atoms with van der Waals surface area (Å²) < 4.78 is 44.3. The lowest BCUT2D eigenvalue weighted by Crippen LogP contribution is -2.29. The summed E-state index contributed by atoms with van der Waals surface area (Å²) in [7, 11) is 1.46. The molecule has 0 fully saturated rings. The molecule has 0 aliphatic carbocycles. The second-order valence-electron chi connectivity index (χ2n) is 4.90. The summed E-state index contributed by atoms with van der Waals surface area (Å²) in [5.74, 6) is -8.37. The quantitative estimate of drug-likeness (QED) is 0.512. The number of benzene rings is 2. The van der Waals surface area contributed by atoms with E-state index in [4.69, 9.17) is 10.00 Å². The molecule has 0 aliphatic heterocycles. The van der Waals surface area contributed by atoms with Crippen LogP contribution in [0.15, 0.2) is 36.4 Å². The van der Waals surface area contributed by atoms with E-state index >= 15 is 0 Å². The maximum absolute atomic E-state index is 13.2. The SMILES string of the molecule is COc1ccc(NC(=O)[C@@H](C#N)C(=O)c2cc(F)c(F)c(F)c2)cc1. The van der Waals surface area contributed by atoms with Gasteiger partial charge in [0.15, 0.2) is 29.2 Å². The molecule has 128 valence electrons. The average Bonchev–Trinajstić information content (AvgIpc) is 2.60. The van der Waals surface area contributed by atoms with Crippen molar-refractivity contribution in [1.82, 2.24) is 0 Å². The van der Waals surface area contributed by atoms with Crippen molar-refractivity contribution in [2.45, 2.75) is 0 Å². The summed E-state index contributed by atoms with van der Waals surface area (Å²) in [6, 6.07) is 8.39. The van der Waals surface area contributed by atoms with Crippen molar-refractivity contribution in [3.8, 4) is 11.8 Å². The first-order valence-corrected chi connectivity index (χ1v) is 6.90. The van der Waals surface area contributed by atoms with Gasteiger partial charge in [-0.3, -0.25) is 9.59 Å². The average molecular weight is 348 g/mol. The van der Waals surface area contributed by atoms with Crippen LogP contribution in [0.5, 0.6) is 5.75 Å². The molecule has 2 rings (SSSR count). The van der Waals surface area contributed by atoms with Crippen LogP contribution in [-0.4, -0.2) is 18.8 Å². The van der Waals surface area contributed by atoms with E-state index in [0.29, 0.717) is 17.9 Å². The molecule has 0 radical (unpaired) electrons. The third-order valence-electron chi connectivity index (χ3n) is 3.28. The minimum atomic E-state index is -1.86. The molecule has 0 heterocycles. The van der Waals surface area contributed by atoms with Crippen molar-refractivity contribution in [2.24, 2.45) is 5.92 Å². The molecular weight excluding hydrogens is 337 g/mol. The normalized spacial score (nSPS) is 11.3. The lowest BCUT2D eigenvalue weighted by atomic mass is 9.97. The van der Waals surface area contributed by atoms with Gasteiger partial charge in [-0.2, -0.15) is 5.26 Å². The molecule has 2 aromatic carbocycles. The number of hydrogen-bond donors (Lipinski definition) is 1. The molecule has 0 aliphatic rings. The number of nitriles is 1. The van der Waals surface area contributed by atoms with Gasteiger partial charge < -0.3 is 10.1 Å². The predicted octanol–water partition coefficient (Wildman–Crippen LogP) is 3.07. The van der Waals surface area contributed by atoms with Gasteiger partial charge in [-0.15, -0.1) is 0 Å². The molecule has 2 aromatic rings. The Morgan fingerprint density at radius 2 is 1.68 bits per heavy atom. The van der Waals surface area contributed by atoms with Crippen LogP contribution in [0.1, 0.15) is 10.4 Å². The monoisotopic (exact) mass is 348 g/mol. The first-order valence-electron chi connectivity index (χ1n) is 6.90. The van der Waals surface area contributed by atoms with Crippen molar-refractivity contribution in [1.29, 1.82) is 5.26 Å². The van der Waals surface area contributed by atoms with Gasteiger partial charge in [0, 0.05) is 11.3 Å². The molecule has 0 spiro atoms. The van der Waals surface area contributed by atoms with Gasteiger partial charge in [-0.25, -0.2) is 13.2 Å². The fraction of sp³-hybridized carbons (Fsp3) is 0.118. The predicted molar refractivity (Wildman–Crippen MR) is 81.4 cm³/mol. The summed E-state index contributed by atoms with van der Waals surface area (Å²) in [6.07, 6.45) is 0. The summed E-state index contributed by atoms with van der Waals surface area (Å²) >= 11 is 0. The second-order valence-corrected chi connectivity index (χ2v) is 4.90. The number of ether oxygens (including phenoxy) is 1. The number of anilines is 1. The summed E-state index contributed by atoms with van der Waals surface area (Å²) in [4.78, 5) is 24.3. The zero-order valence-electron chi connectivity index (χ0n) is 12.8. The minimum Gasteiger partial charge on any atom is -0.497 e. The second kappa shape index (κ2) is 7.49. The highest BCUT2D eigenvalue weighted by Gasteiger charge is 2.29. The van der Waals surface area contributed by atoms with Crippen molar-refractivity contribution >= 4 is 17.4 Å². The Labute approximate surface area is 140 Å². The Morgan fingerprint density at radius 3 is 2.16 bits per heavy atom. The molecule has 0 aromatic heterocycles. The van der Waals surface area contributed by atoms with Gasteiger partial charge >= 0.3 is 0 Å². The number of amides is 1. The number of carbonyl (C=O) groups is 2. The molecule has 0 saturated heterocycles. The number of halogens is 3. The summed E-state index contributed by atoms with van der Waals surface area (Å²) in [5.41, 5.74) is -0.330. The number of rotatable bonds is 5. The van der Waals surface area contributed by atoms with E-state index in [1.807, 2.05) is 0 Å². The van der Waals surface area contributed by atoms with Crippen LogP contribution in [0.3, 0.4) is 0 Å². The van der Waals surface area contributed by atoms with E-state index in [2.05, 4.69) is 5.32 Å². The topological polar surface area (TPSA) is 79.2 Å². The number of hydrogen-bond acceptors (Lipinski definition) is 4. The van der Waals surface area contributed by atoms with Crippen molar-refractivity contribution < 1.29 is 27.5 Å². The molecule has 0 saturated carbocycles. The number of nitrogens with zero attached hydrogens (tertiary/aromatic N) is 1. The molecular formula is C17H11F3N2O3. The van der Waals surface area contributed by atoms with Crippen LogP contribution >= 0.6 is 0 Å². The molecule has 8 heteroatoms.